The van der Waals surface area contributed by atoms with E-state index in [0.29, 0.717) is 0 Å². The van der Waals surface area contributed by atoms with E-state index in [-0.39, 0.29) is 17.9 Å². The Morgan fingerprint density at radius 1 is 1.73 bits per heavy atom. The summed E-state index contributed by atoms with van der Waals surface area (Å²) < 4.78 is 0. The monoisotopic (exact) mass is 153 g/mol. The number of carbonyl (C=O) groups is 2. The van der Waals surface area contributed by atoms with Crippen molar-refractivity contribution < 1.29 is 14.8 Å². The van der Waals surface area contributed by atoms with Crippen molar-refractivity contribution in [2.24, 2.45) is 5.92 Å². The van der Waals surface area contributed by atoms with Crippen LogP contribution in [-0.2, 0) is 9.59 Å². The Balaban J connectivity index is 2.69. The van der Waals surface area contributed by atoms with Gasteiger partial charge in [-0.1, -0.05) is 0 Å². The topological polar surface area (TPSA) is 57.6 Å². The number of hydroxylamine groups is 2. The highest BCUT2D eigenvalue weighted by Crippen LogP contribution is 2.19. The zero-order valence-corrected chi connectivity index (χ0v) is 5.78. The van der Waals surface area contributed by atoms with Crippen LogP contribution in [0.2, 0.25) is 0 Å². The van der Waals surface area contributed by atoms with Crippen molar-refractivity contribution in [2.45, 2.75) is 12.8 Å². The van der Waals surface area contributed by atoms with E-state index in [2.05, 4.69) is 5.92 Å². The summed E-state index contributed by atoms with van der Waals surface area (Å²) in [4.78, 5) is 21.5. The Labute approximate surface area is 63.8 Å². The van der Waals surface area contributed by atoms with Gasteiger partial charge in [-0.2, -0.15) is 5.06 Å². The normalized spacial score (nSPS) is 24.0. The standard InChI is InChI=1S/C7H7NO3/c1-2-3-5-4-6(9)8(11)7(5)10/h1,5,11H,3-4H2. The molecular formula is C7H7NO3. The lowest BCUT2D eigenvalue weighted by Gasteiger charge is -2.02. The minimum absolute atomic E-state index is 0.0273. The molecule has 1 unspecified atom stereocenters. The fraction of sp³-hybridized carbons (Fsp3) is 0.429. The maximum absolute atomic E-state index is 10.9. The summed E-state index contributed by atoms with van der Waals surface area (Å²) in [5.74, 6) is 0.590. The van der Waals surface area contributed by atoms with E-state index in [1.165, 1.54) is 0 Å². The first-order valence-corrected chi connectivity index (χ1v) is 3.16. The summed E-state index contributed by atoms with van der Waals surface area (Å²) in [5.41, 5.74) is 0. The van der Waals surface area contributed by atoms with Crippen molar-refractivity contribution in [1.29, 1.82) is 0 Å². The molecule has 0 radical (unpaired) electrons. The van der Waals surface area contributed by atoms with Gasteiger partial charge in [-0.25, -0.2) is 0 Å². The van der Waals surface area contributed by atoms with Crippen molar-refractivity contribution in [3.63, 3.8) is 0 Å². The first kappa shape index (κ1) is 7.76. The van der Waals surface area contributed by atoms with E-state index >= 15 is 0 Å². The smallest absolute Gasteiger partial charge is 0.257 e. The van der Waals surface area contributed by atoms with E-state index in [0.717, 1.165) is 0 Å². The molecule has 1 rings (SSSR count). The van der Waals surface area contributed by atoms with E-state index < -0.39 is 17.7 Å². The molecule has 1 aliphatic heterocycles. The van der Waals surface area contributed by atoms with Gasteiger partial charge in [0.2, 0.25) is 0 Å². The maximum atomic E-state index is 10.9. The Hall–Kier alpha value is -1.34. The lowest BCUT2D eigenvalue weighted by Crippen LogP contribution is -2.26. The molecule has 1 saturated heterocycles. The van der Waals surface area contributed by atoms with Crippen LogP contribution in [0.15, 0.2) is 0 Å². The van der Waals surface area contributed by atoms with Crippen LogP contribution >= 0.6 is 0 Å². The maximum Gasteiger partial charge on any atom is 0.257 e. The van der Waals surface area contributed by atoms with Crippen molar-refractivity contribution >= 4 is 11.8 Å². The second kappa shape index (κ2) is 2.72. The molecule has 4 heteroatoms. The molecule has 1 atom stereocenters. The third kappa shape index (κ3) is 1.23. The first-order valence-electron chi connectivity index (χ1n) is 3.16. The first-order chi connectivity index (χ1) is 5.16. The molecule has 1 heterocycles. The minimum Gasteiger partial charge on any atom is -0.279 e. The highest BCUT2D eigenvalue weighted by atomic mass is 16.5. The zero-order chi connectivity index (χ0) is 8.43. The van der Waals surface area contributed by atoms with Gasteiger partial charge in [-0.3, -0.25) is 14.8 Å². The zero-order valence-electron chi connectivity index (χ0n) is 5.78. The van der Waals surface area contributed by atoms with Gasteiger partial charge in [0, 0.05) is 12.8 Å². The van der Waals surface area contributed by atoms with Crippen molar-refractivity contribution in [1.82, 2.24) is 5.06 Å². The highest BCUT2D eigenvalue weighted by Gasteiger charge is 2.37. The molecule has 11 heavy (non-hydrogen) atoms. The lowest BCUT2D eigenvalue weighted by molar-refractivity contribution is -0.172. The molecular weight excluding hydrogens is 146 g/mol. The average molecular weight is 153 g/mol. The predicted octanol–water partition coefficient (Wildman–Crippen LogP) is -0.226. The molecule has 0 saturated carbocycles. The SMILES string of the molecule is C#CCC1CC(=O)N(O)C1=O. The Morgan fingerprint density at radius 3 is 2.73 bits per heavy atom. The molecule has 2 amide bonds. The third-order valence-corrected chi connectivity index (χ3v) is 1.58. The van der Waals surface area contributed by atoms with Crippen LogP contribution in [0.5, 0.6) is 0 Å². The molecule has 1 fully saturated rings. The van der Waals surface area contributed by atoms with Gasteiger partial charge in [0.25, 0.3) is 11.8 Å². The minimum atomic E-state index is -0.590. The molecule has 0 aliphatic carbocycles. The van der Waals surface area contributed by atoms with Crippen LogP contribution in [0.4, 0.5) is 0 Å². The number of imide groups is 1. The van der Waals surface area contributed by atoms with E-state index in [1.54, 1.807) is 0 Å². The highest BCUT2D eigenvalue weighted by molar-refractivity contribution is 6.02. The summed E-state index contributed by atoms with van der Waals surface area (Å²) >= 11 is 0. The van der Waals surface area contributed by atoms with Gasteiger partial charge in [-0.15, -0.1) is 12.3 Å². The average Bonchev–Trinajstić information content (AvgIpc) is 2.19. The predicted molar refractivity (Wildman–Crippen MR) is 35.2 cm³/mol. The number of amides is 2. The van der Waals surface area contributed by atoms with Crippen LogP contribution in [0.3, 0.4) is 0 Å². The van der Waals surface area contributed by atoms with Crippen molar-refractivity contribution in [3.05, 3.63) is 0 Å². The largest absolute Gasteiger partial charge is 0.279 e. The van der Waals surface area contributed by atoms with Crippen LogP contribution in [-0.4, -0.2) is 22.1 Å². The number of rotatable bonds is 1. The molecule has 0 bridgehead atoms. The Kier molecular flexibility index (Phi) is 1.92. The summed E-state index contributed by atoms with van der Waals surface area (Å²) in [6.45, 7) is 0. The Bertz CT molecular complexity index is 241. The second-order valence-corrected chi connectivity index (χ2v) is 2.35. The van der Waals surface area contributed by atoms with Crippen molar-refractivity contribution in [2.75, 3.05) is 0 Å². The van der Waals surface area contributed by atoms with E-state index in [4.69, 9.17) is 11.6 Å². The van der Waals surface area contributed by atoms with Crippen molar-refractivity contribution in [3.8, 4) is 12.3 Å². The quantitative estimate of drug-likeness (QED) is 0.321. The lowest BCUT2D eigenvalue weighted by atomic mass is 10.1. The van der Waals surface area contributed by atoms with Crippen LogP contribution < -0.4 is 0 Å². The molecule has 0 spiro atoms. The number of nitrogens with zero attached hydrogens (tertiary/aromatic N) is 1. The van der Waals surface area contributed by atoms with Gasteiger partial charge in [0.05, 0.1) is 5.92 Å². The van der Waals surface area contributed by atoms with Gasteiger partial charge in [0.15, 0.2) is 0 Å². The summed E-state index contributed by atoms with van der Waals surface area (Å²) in [7, 11) is 0. The fourth-order valence-corrected chi connectivity index (χ4v) is 0.982. The molecule has 0 aromatic heterocycles. The van der Waals surface area contributed by atoms with Gasteiger partial charge >= 0.3 is 0 Å². The molecule has 1 aliphatic rings. The fourth-order valence-electron chi connectivity index (χ4n) is 0.982. The second-order valence-electron chi connectivity index (χ2n) is 2.35. The summed E-state index contributed by atoms with van der Waals surface area (Å²) in [6, 6.07) is 0. The molecule has 4 nitrogen and oxygen atoms in total. The molecule has 1 N–H and O–H groups in total. The number of terminal acetylenes is 1. The summed E-state index contributed by atoms with van der Waals surface area (Å²) in [6.07, 6.45) is 5.19. The van der Waals surface area contributed by atoms with Gasteiger partial charge in [-0.05, 0) is 0 Å². The van der Waals surface area contributed by atoms with Crippen LogP contribution in [0, 0.1) is 18.3 Å². The van der Waals surface area contributed by atoms with E-state index in [1.807, 2.05) is 0 Å². The van der Waals surface area contributed by atoms with Crippen LogP contribution in [0.1, 0.15) is 12.8 Å². The summed E-state index contributed by atoms with van der Waals surface area (Å²) in [5, 5.41) is 8.87. The molecule has 58 valence electrons. The Morgan fingerprint density at radius 2 is 2.36 bits per heavy atom. The number of hydrogen-bond donors (Lipinski definition) is 1. The molecule has 0 aromatic rings. The van der Waals surface area contributed by atoms with Gasteiger partial charge < -0.3 is 0 Å². The van der Waals surface area contributed by atoms with Crippen LogP contribution in [0.25, 0.3) is 0 Å². The number of hydrogen-bond acceptors (Lipinski definition) is 3. The van der Waals surface area contributed by atoms with Gasteiger partial charge in [0.1, 0.15) is 0 Å². The number of carbonyl (C=O) groups excluding carboxylic acids is 2. The van der Waals surface area contributed by atoms with E-state index in [9.17, 15) is 9.59 Å². The third-order valence-electron chi connectivity index (χ3n) is 1.58. The molecule has 0 aromatic carbocycles.